The number of methoxy groups -OCH3 is 2. The van der Waals surface area contributed by atoms with Gasteiger partial charge in [0.2, 0.25) is 0 Å². The molecule has 0 radical (unpaired) electrons. The lowest BCUT2D eigenvalue weighted by Gasteiger charge is -2.34. The molecular formula is C19H27N3O3. The number of aliphatic hydroxyl groups excluding tert-OH is 1. The number of hydrogen-bond donors (Lipinski definition) is 1. The fourth-order valence-corrected chi connectivity index (χ4v) is 3.60. The van der Waals surface area contributed by atoms with Crippen LogP contribution in [0.2, 0.25) is 0 Å². The normalized spacial score (nSPS) is 19.6. The monoisotopic (exact) mass is 345 g/mol. The van der Waals surface area contributed by atoms with Crippen molar-refractivity contribution in [2.24, 2.45) is 5.92 Å². The van der Waals surface area contributed by atoms with Crippen LogP contribution in [0.1, 0.15) is 24.5 Å². The number of ether oxygens (including phenoxy) is 2. The summed E-state index contributed by atoms with van der Waals surface area (Å²) in [6.45, 7) is 3.59. The Morgan fingerprint density at radius 2 is 2.20 bits per heavy atom. The Morgan fingerprint density at radius 1 is 1.32 bits per heavy atom. The van der Waals surface area contributed by atoms with Gasteiger partial charge in [-0.05, 0) is 43.5 Å². The highest BCUT2D eigenvalue weighted by Crippen LogP contribution is 2.30. The quantitative estimate of drug-likeness (QED) is 0.835. The van der Waals surface area contributed by atoms with Crippen LogP contribution >= 0.6 is 0 Å². The minimum absolute atomic E-state index is 0.586. The molecule has 0 saturated carbocycles. The molecule has 136 valence electrons. The minimum atomic E-state index is -0.600. The van der Waals surface area contributed by atoms with E-state index in [0.717, 1.165) is 37.4 Å². The summed E-state index contributed by atoms with van der Waals surface area (Å²) in [5.74, 6) is 2.01. The molecule has 1 fully saturated rings. The maximum absolute atomic E-state index is 10.8. The van der Waals surface area contributed by atoms with Crippen molar-refractivity contribution in [2.45, 2.75) is 25.5 Å². The lowest BCUT2D eigenvalue weighted by Crippen LogP contribution is -2.39. The molecule has 2 aromatic rings. The molecule has 1 saturated heterocycles. The molecule has 6 nitrogen and oxygen atoms in total. The molecule has 1 aliphatic heterocycles. The number of piperidine rings is 1. The molecule has 0 bridgehead atoms. The van der Waals surface area contributed by atoms with Gasteiger partial charge in [0, 0.05) is 37.6 Å². The van der Waals surface area contributed by atoms with Gasteiger partial charge in [-0.15, -0.1) is 0 Å². The van der Waals surface area contributed by atoms with Crippen molar-refractivity contribution < 1.29 is 14.6 Å². The molecule has 1 N–H and O–H groups in total. The minimum Gasteiger partial charge on any atom is -0.497 e. The second-order valence-electron chi connectivity index (χ2n) is 6.65. The van der Waals surface area contributed by atoms with E-state index < -0.39 is 6.10 Å². The van der Waals surface area contributed by atoms with E-state index in [1.165, 1.54) is 6.42 Å². The van der Waals surface area contributed by atoms with Crippen LogP contribution in [-0.2, 0) is 6.54 Å². The first-order valence-corrected chi connectivity index (χ1v) is 8.77. The van der Waals surface area contributed by atoms with Crippen LogP contribution < -0.4 is 9.47 Å². The fourth-order valence-electron chi connectivity index (χ4n) is 3.60. The topological polar surface area (TPSA) is 59.8 Å². The Bertz CT molecular complexity index is 660. The standard InChI is InChI=1S/C19H27N3O3/c1-24-16-5-6-19(25-2)17(10-16)18(23)13-21-8-3-4-15(11-21)12-22-9-7-20-14-22/h5-7,9-10,14-15,18,23H,3-4,8,11-13H2,1-2H3. The number of nitrogens with zero attached hydrogens (tertiary/aromatic N) is 3. The van der Waals surface area contributed by atoms with E-state index in [4.69, 9.17) is 9.47 Å². The third kappa shape index (κ3) is 4.52. The fraction of sp³-hybridized carbons (Fsp3) is 0.526. The lowest BCUT2D eigenvalue weighted by molar-refractivity contribution is 0.0792. The third-order valence-corrected chi connectivity index (χ3v) is 4.86. The van der Waals surface area contributed by atoms with Crippen LogP contribution in [0, 0.1) is 5.92 Å². The molecule has 0 aliphatic carbocycles. The molecule has 25 heavy (non-hydrogen) atoms. The van der Waals surface area contributed by atoms with Gasteiger partial charge >= 0.3 is 0 Å². The van der Waals surface area contributed by atoms with Gasteiger partial charge in [-0.25, -0.2) is 4.98 Å². The first kappa shape index (κ1) is 17.8. The highest BCUT2D eigenvalue weighted by atomic mass is 16.5. The van der Waals surface area contributed by atoms with Crippen molar-refractivity contribution in [3.05, 3.63) is 42.5 Å². The Labute approximate surface area is 149 Å². The van der Waals surface area contributed by atoms with Gasteiger partial charge in [0.15, 0.2) is 0 Å². The van der Waals surface area contributed by atoms with E-state index >= 15 is 0 Å². The molecule has 0 amide bonds. The number of aliphatic hydroxyl groups is 1. The van der Waals surface area contributed by atoms with E-state index in [1.807, 2.05) is 36.9 Å². The number of likely N-dealkylation sites (tertiary alicyclic amines) is 1. The van der Waals surface area contributed by atoms with Crippen molar-refractivity contribution in [1.29, 1.82) is 0 Å². The molecular weight excluding hydrogens is 318 g/mol. The van der Waals surface area contributed by atoms with E-state index in [0.29, 0.717) is 18.2 Å². The number of rotatable bonds is 7. The third-order valence-electron chi connectivity index (χ3n) is 4.86. The number of benzene rings is 1. The van der Waals surface area contributed by atoms with Gasteiger partial charge in [-0.3, -0.25) is 0 Å². The predicted octanol–water partition coefficient (Wildman–Crippen LogP) is 2.35. The molecule has 2 heterocycles. The molecule has 1 aromatic carbocycles. The zero-order valence-electron chi connectivity index (χ0n) is 15.0. The molecule has 6 heteroatoms. The van der Waals surface area contributed by atoms with Crippen LogP contribution in [-0.4, -0.2) is 53.4 Å². The second kappa shape index (κ2) is 8.36. The van der Waals surface area contributed by atoms with Gasteiger partial charge in [-0.2, -0.15) is 0 Å². The van der Waals surface area contributed by atoms with E-state index in [1.54, 1.807) is 14.2 Å². The molecule has 1 aliphatic rings. The molecule has 2 unspecified atom stereocenters. The summed E-state index contributed by atoms with van der Waals surface area (Å²) < 4.78 is 12.8. The number of imidazole rings is 1. The summed E-state index contributed by atoms with van der Waals surface area (Å²) >= 11 is 0. The van der Waals surface area contributed by atoms with Gasteiger partial charge in [0.25, 0.3) is 0 Å². The smallest absolute Gasteiger partial charge is 0.124 e. The van der Waals surface area contributed by atoms with Crippen LogP contribution in [0.5, 0.6) is 11.5 Å². The van der Waals surface area contributed by atoms with E-state index in [9.17, 15) is 5.11 Å². The summed E-state index contributed by atoms with van der Waals surface area (Å²) in [5.41, 5.74) is 0.776. The molecule has 0 spiro atoms. The summed E-state index contributed by atoms with van der Waals surface area (Å²) in [6, 6.07) is 5.54. The van der Waals surface area contributed by atoms with E-state index in [-0.39, 0.29) is 0 Å². The summed E-state index contributed by atoms with van der Waals surface area (Å²) in [4.78, 5) is 6.46. The zero-order valence-corrected chi connectivity index (χ0v) is 15.0. The van der Waals surface area contributed by atoms with Crippen LogP contribution in [0.3, 0.4) is 0 Å². The van der Waals surface area contributed by atoms with Crippen LogP contribution in [0.15, 0.2) is 36.9 Å². The largest absolute Gasteiger partial charge is 0.497 e. The molecule has 1 aromatic heterocycles. The summed E-state index contributed by atoms with van der Waals surface area (Å²) in [6.07, 6.45) is 7.47. The maximum atomic E-state index is 10.8. The maximum Gasteiger partial charge on any atom is 0.124 e. The highest BCUT2D eigenvalue weighted by molar-refractivity contribution is 5.41. The van der Waals surface area contributed by atoms with Crippen LogP contribution in [0.25, 0.3) is 0 Å². The lowest BCUT2D eigenvalue weighted by atomic mass is 9.97. The Balaban J connectivity index is 1.63. The average Bonchev–Trinajstić information content (AvgIpc) is 3.14. The Morgan fingerprint density at radius 3 is 2.92 bits per heavy atom. The van der Waals surface area contributed by atoms with Crippen molar-refractivity contribution in [1.82, 2.24) is 14.5 Å². The molecule has 3 rings (SSSR count). The van der Waals surface area contributed by atoms with E-state index in [2.05, 4.69) is 14.5 Å². The SMILES string of the molecule is COc1ccc(OC)c(C(O)CN2CCCC(Cn3ccnc3)C2)c1. The van der Waals surface area contributed by atoms with Crippen molar-refractivity contribution in [2.75, 3.05) is 33.9 Å². The zero-order chi connectivity index (χ0) is 17.6. The van der Waals surface area contributed by atoms with Gasteiger partial charge in [0.05, 0.1) is 26.7 Å². The van der Waals surface area contributed by atoms with Crippen LogP contribution in [0.4, 0.5) is 0 Å². The second-order valence-corrected chi connectivity index (χ2v) is 6.65. The van der Waals surface area contributed by atoms with Crippen molar-refractivity contribution in [3.63, 3.8) is 0 Å². The highest BCUT2D eigenvalue weighted by Gasteiger charge is 2.24. The molecule has 2 atom stereocenters. The summed E-state index contributed by atoms with van der Waals surface area (Å²) in [7, 11) is 3.25. The average molecular weight is 345 g/mol. The number of β-amino-alcohol motifs (C(OH)–C–C–N with tert-alkyl or cyclic N) is 1. The van der Waals surface area contributed by atoms with Gasteiger partial charge < -0.3 is 24.0 Å². The Kier molecular flexibility index (Phi) is 5.94. The Hall–Kier alpha value is -2.05. The predicted molar refractivity (Wildman–Crippen MR) is 95.9 cm³/mol. The van der Waals surface area contributed by atoms with Crippen molar-refractivity contribution >= 4 is 0 Å². The number of aromatic nitrogens is 2. The van der Waals surface area contributed by atoms with Gasteiger partial charge in [0.1, 0.15) is 11.5 Å². The van der Waals surface area contributed by atoms with Crippen molar-refractivity contribution in [3.8, 4) is 11.5 Å². The first-order valence-electron chi connectivity index (χ1n) is 8.77. The first-order chi connectivity index (χ1) is 12.2. The van der Waals surface area contributed by atoms with Gasteiger partial charge in [-0.1, -0.05) is 0 Å². The number of hydrogen-bond acceptors (Lipinski definition) is 5. The summed E-state index contributed by atoms with van der Waals surface area (Å²) in [5, 5.41) is 10.8.